The smallest absolute Gasteiger partial charge is 0.248 e. The molecule has 0 aliphatic carbocycles. The monoisotopic (exact) mass is 269 g/mol. The summed E-state index contributed by atoms with van der Waals surface area (Å²) in [5.41, 5.74) is 0.161. The molecule has 2 N–H and O–H groups in total. The molecule has 1 aliphatic rings. The lowest BCUT2D eigenvalue weighted by atomic mass is 10.3. The predicted molar refractivity (Wildman–Crippen MR) is 64.4 cm³/mol. The quantitative estimate of drug-likeness (QED) is 0.830. The van der Waals surface area contributed by atoms with E-state index in [2.05, 4.69) is 10.6 Å². The van der Waals surface area contributed by atoms with Crippen LogP contribution in [-0.2, 0) is 9.59 Å². The fourth-order valence-electron chi connectivity index (χ4n) is 1.80. The Labute approximate surface area is 108 Å². The van der Waals surface area contributed by atoms with E-state index in [4.69, 9.17) is 0 Å². The van der Waals surface area contributed by atoms with Crippen molar-refractivity contribution in [3.63, 3.8) is 0 Å². The Morgan fingerprint density at radius 3 is 2.63 bits per heavy atom. The lowest BCUT2D eigenvalue weighted by Gasteiger charge is -2.25. The van der Waals surface area contributed by atoms with Crippen LogP contribution in [0, 0.1) is 11.6 Å². The minimum atomic E-state index is -0.729. The predicted octanol–water partition coefficient (Wildman–Crippen LogP) is 0.335. The third-order valence-corrected chi connectivity index (χ3v) is 2.70. The Morgan fingerprint density at radius 2 is 2.00 bits per heavy atom. The molecule has 5 nitrogen and oxygen atoms in total. The van der Waals surface area contributed by atoms with Gasteiger partial charge in [-0.05, 0) is 12.1 Å². The lowest BCUT2D eigenvalue weighted by molar-refractivity contribution is -0.144. The van der Waals surface area contributed by atoms with Gasteiger partial charge in [0.2, 0.25) is 11.8 Å². The molecule has 0 atom stereocenters. The molecule has 0 aromatic heterocycles. The number of rotatable bonds is 3. The third-order valence-electron chi connectivity index (χ3n) is 2.70. The van der Waals surface area contributed by atoms with Gasteiger partial charge in [0.15, 0.2) is 0 Å². The molecular formula is C12H13F2N3O2. The van der Waals surface area contributed by atoms with Crippen molar-refractivity contribution < 1.29 is 18.4 Å². The summed E-state index contributed by atoms with van der Waals surface area (Å²) < 4.78 is 25.9. The summed E-state index contributed by atoms with van der Waals surface area (Å²) in [5, 5.41) is 5.45. The summed E-state index contributed by atoms with van der Waals surface area (Å²) in [4.78, 5) is 24.4. The zero-order valence-corrected chi connectivity index (χ0v) is 10.1. The molecule has 1 aromatic carbocycles. The van der Waals surface area contributed by atoms with Crippen molar-refractivity contribution in [2.45, 2.75) is 0 Å². The molecule has 0 bridgehead atoms. The summed E-state index contributed by atoms with van der Waals surface area (Å²) in [6, 6.07) is 2.90. The van der Waals surface area contributed by atoms with Gasteiger partial charge < -0.3 is 10.6 Å². The van der Waals surface area contributed by atoms with Crippen molar-refractivity contribution in [3.05, 3.63) is 29.8 Å². The van der Waals surface area contributed by atoms with Gasteiger partial charge in [-0.2, -0.15) is 0 Å². The van der Waals surface area contributed by atoms with Crippen LogP contribution in [0.25, 0.3) is 0 Å². The average Bonchev–Trinajstić information content (AvgIpc) is 2.35. The first-order valence-electron chi connectivity index (χ1n) is 5.80. The van der Waals surface area contributed by atoms with Gasteiger partial charge in [0.05, 0.1) is 13.1 Å². The fourth-order valence-corrected chi connectivity index (χ4v) is 1.80. The highest BCUT2D eigenvalue weighted by Crippen LogP contribution is 2.12. The number of carbonyl (C=O) groups excluding carboxylic acids is 2. The normalized spacial score (nSPS) is 15.5. The maximum absolute atomic E-state index is 12.9. The third kappa shape index (κ3) is 3.47. The summed E-state index contributed by atoms with van der Waals surface area (Å²) in [5.74, 6) is -2.18. The maximum Gasteiger partial charge on any atom is 0.248 e. The minimum Gasteiger partial charge on any atom is -0.376 e. The van der Waals surface area contributed by atoms with Gasteiger partial charge in [0.1, 0.15) is 11.6 Å². The van der Waals surface area contributed by atoms with Crippen LogP contribution in [0.5, 0.6) is 0 Å². The van der Waals surface area contributed by atoms with Gasteiger partial charge in [-0.1, -0.05) is 0 Å². The number of nitrogens with zero attached hydrogens (tertiary/aromatic N) is 1. The largest absolute Gasteiger partial charge is 0.376 e. The van der Waals surface area contributed by atoms with Crippen LogP contribution >= 0.6 is 0 Å². The highest BCUT2D eigenvalue weighted by molar-refractivity contribution is 5.98. The van der Waals surface area contributed by atoms with E-state index in [1.54, 1.807) is 0 Å². The van der Waals surface area contributed by atoms with Gasteiger partial charge in [0, 0.05) is 24.8 Å². The summed E-state index contributed by atoms with van der Waals surface area (Å²) >= 11 is 0. The Balaban J connectivity index is 1.94. The Morgan fingerprint density at radius 1 is 1.32 bits per heavy atom. The van der Waals surface area contributed by atoms with E-state index in [-0.39, 0.29) is 24.7 Å². The Bertz CT molecular complexity index is 487. The number of hydrogen-bond acceptors (Lipinski definition) is 4. The van der Waals surface area contributed by atoms with Crippen molar-refractivity contribution in [2.75, 3.05) is 31.5 Å². The van der Waals surface area contributed by atoms with E-state index in [0.717, 1.165) is 23.1 Å². The van der Waals surface area contributed by atoms with Gasteiger partial charge in [-0.15, -0.1) is 0 Å². The van der Waals surface area contributed by atoms with Crippen molar-refractivity contribution in [1.29, 1.82) is 0 Å². The zero-order valence-electron chi connectivity index (χ0n) is 10.1. The van der Waals surface area contributed by atoms with E-state index < -0.39 is 17.5 Å². The molecule has 0 radical (unpaired) electrons. The molecule has 1 saturated heterocycles. The van der Waals surface area contributed by atoms with E-state index >= 15 is 0 Å². The Kier molecular flexibility index (Phi) is 4.06. The standard InChI is InChI=1S/C12H13F2N3O2/c13-8-3-9(14)5-10(4-8)16-7-12(19)17-2-1-15-6-11(17)18/h3-5,15-16H,1-2,6-7H2. The van der Waals surface area contributed by atoms with Crippen molar-refractivity contribution in [2.24, 2.45) is 0 Å². The number of imide groups is 1. The van der Waals surface area contributed by atoms with Crippen LogP contribution in [0.1, 0.15) is 0 Å². The molecule has 7 heteroatoms. The molecular weight excluding hydrogens is 256 g/mol. The second-order valence-electron chi connectivity index (χ2n) is 4.13. The summed E-state index contributed by atoms with van der Waals surface area (Å²) in [6.07, 6.45) is 0. The van der Waals surface area contributed by atoms with Crippen LogP contribution in [0.15, 0.2) is 18.2 Å². The second-order valence-corrected chi connectivity index (χ2v) is 4.13. The first-order valence-corrected chi connectivity index (χ1v) is 5.80. The highest BCUT2D eigenvalue weighted by Gasteiger charge is 2.23. The van der Waals surface area contributed by atoms with Crippen LogP contribution in [0.3, 0.4) is 0 Å². The van der Waals surface area contributed by atoms with Crippen LogP contribution in [-0.4, -0.2) is 42.9 Å². The number of hydrogen-bond donors (Lipinski definition) is 2. The molecule has 2 amide bonds. The molecule has 0 saturated carbocycles. The number of amides is 2. The average molecular weight is 269 g/mol. The minimum absolute atomic E-state index is 0.125. The maximum atomic E-state index is 12.9. The van der Waals surface area contributed by atoms with Crippen LogP contribution < -0.4 is 10.6 Å². The van der Waals surface area contributed by atoms with E-state index in [1.165, 1.54) is 0 Å². The first kappa shape index (κ1) is 13.4. The van der Waals surface area contributed by atoms with Gasteiger partial charge in [-0.25, -0.2) is 8.78 Å². The van der Waals surface area contributed by atoms with Crippen molar-refractivity contribution >= 4 is 17.5 Å². The highest BCUT2D eigenvalue weighted by atomic mass is 19.1. The van der Waals surface area contributed by atoms with Crippen molar-refractivity contribution in [3.8, 4) is 0 Å². The number of benzene rings is 1. The van der Waals surface area contributed by atoms with E-state index in [9.17, 15) is 18.4 Å². The molecule has 1 fully saturated rings. The summed E-state index contributed by atoms with van der Waals surface area (Å²) in [7, 11) is 0. The zero-order chi connectivity index (χ0) is 13.8. The number of piperazine rings is 1. The molecule has 2 rings (SSSR count). The molecule has 19 heavy (non-hydrogen) atoms. The molecule has 1 aromatic rings. The van der Waals surface area contributed by atoms with Crippen LogP contribution in [0.2, 0.25) is 0 Å². The van der Waals surface area contributed by atoms with Crippen LogP contribution in [0.4, 0.5) is 14.5 Å². The molecule has 1 heterocycles. The van der Waals surface area contributed by atoms with Gasteiger partial charge in [0.25, 0.3) is 0 Å². The lowest BCUT2D eigenvalue weighted by Crippen LogP contribution is -2.52. The second kappa shape index (κ2) is 5.75. The molecule has 0 spiro atoms. The molecule has 1 aliphatic heterocycles. The topological polar surface area (TPSA) is 61.4 Å². The number of carbonyl (C=O) groups is 2. The summed E-state index contributed by atoms with van der Waals surface area (Å²) in [6.45, 7) is 0.790. The van der Waals surface area contributed by atoms with Crippen molar-refractivity contribution in [1.82, 2.24) is 10.2 Å². The van der Waals surface area contributed by atoms with Gasteiger partial charge in [-0.3, -0.25) is 14.5 Å². The Hall–Kier alpha value is -2.02. The number of halogens is 2. The number of anilines is 1. The van der Waals surface area contributed by atoms with Gasteiger partial charge >= 0.3 is 0 Å². The first-order chi connectivity index (χ1) is 9.06. The van der Waals surface area contributed by atoms with E-state index in [0.29, 0.717) is 13.1 Å². The SMILES string of the molecule is O=C1CNCCN1C(=O)CNc1cc(F)cc(F)c1. The fraction of sp³-hybridized carbons (Fsp3) is 0.333. The van der Waals surface area contributed by atoms with E-state index in [1.807, 2.05) is 0 Å². The number of nitrogens with one attached hydrogen (secondary N) is 2. The molecule has 0 unspecified atom stereocenters. The molecule has 102 valence electrons.